The highest BCUT2D eigenvalue weighted by Gasteiger charge is 2.33. The van der Waals surface area contributed by atoms with E-state index in [2.05, 4.69) is 12.3 Å². The van der Waals surface area contributed by atoms with Gasteiger partial charge in [0.1, 0.15) is 0 Å². The smallest absolute Gasteiger partial charge is 0.0431 e. The van der Waals surface area contributed by atoms with Crippen molar-refractivity contribution in [1.29, 1.82) is 0 Å². The largest absolute Gasteiger partial charge is 0.396 e. The monoisotopic (exact) mass is 408 g/mol. The maximum Gasteiger partial charge on any atom is 0.0431 e. The van der Waals surface area contributed by atoms with Crippen LogP contribution in [0.25, 0.3) is 0 Å². The molecule has 0 radical (unpaired) electrons. The zero-order valence-corrected chi connectivity index (χ0v) is 15.1. The van der Waals surface area contributed by atoms with E-state index in [9.17, 15) is 0 Å². The lowest BCUT2D eigenvalue weighted by Gasteiger charge is -2.39. The lowest BCUT2D eigenvalue weighted by molar-refractivity contribution is 0.139. The molecule has 6 N–H and O–H groups in total. The highest BCUT2D eigenvalue weighted by molar-refractivity contribution is 8.93. The quantitative estimate of drug-likeness (QED) is 0.261. The molecule has 0 saturated heterocycles. The second kappa shape index (κ2) is 15.2. The fourth-order valence-electron chi connectivity index (χ4n) is 2.37. The van der Waals surface area contributed by atoms with Gasteiger partial charge in [-0.3, -0.25) is 11.3 Å². The first-order valence-corrected chi connectivity index (χ1v) is 6.47. The fourth-order valence-corrected chi connectivity index (χ4v) is 2.37. The van der Waals surface area contributed by atoms with Gasteiger partial charge >= 0.3 is 0 Å². The maximum atomic E-state index is 8.95. The second-order valence-electron chi connectivity index (χ2n) is 4.72. The Kier molecular flexibility index (Phi) is 19.7. The molecule has 0 aliphatic carbocycles. The van der Waals surface area contributed by atoms with Crippen LogP contribution in [-0.4, -0.2) is 40.7 Å². The van der Waals surface area contributed by atoms with E-state index in [1.165, 1.54) is 0 Å². The third-order valence-electron chi connectivity index (χ3n) is 3.59. The molecule has 1 atom stereocenters. The minimum atomic E-state index is -0.249. The van der Waals surface area contributed by atoms with Gasteiger partial charge in [-0.05, 0) is 44.4 Å². The molecule has 0 rings (SSSR count). The van der Waals surface area contributed by atoms with Gasteiger partial charge < -0.3 is 15.3 Å². The molecule has 7 heteroatoms. The Balaban J connectivity index is -0.00000128. The third-order valence-corrected chi connectivity index (χ3v) is 3.59. The molecule has 1 unspecified atom stereocenters. The standard InChI is InChI=1S/C12H28N2O3.2BrH/c1-11(5-2-8-15)12(14-13,6-3-9-16)7-4-10-17;;/h11,14-17H,2-10,13H2,1H3;2*1H. The van der Waals surface area contributed by atoms with E-state index in [0.29, 0.717) is 18.8 Å². The van der Waals surface area contributed by atoms with Gasteiger partial charge in [-0.1, -0.05) is 6.92 Å². The van der Waals surface area contributed by atoms with E-state index in [0.717, 1.165) is 25.7 Å². The van der Waals surface area contributed by atoms with Crippen LogP contribution in [0.4, 0.5) is 0 Å². The Labute approximate surface area is 137 Å². The number of halogens is 2. The molecule has 0 spiro atoms. The van der Waals surface area contributed by atoms with Crippen molar-refractivity contribution in [2.75, 3.05) is 19.8 Å². The Morgan fingerprint density at radius 2 is 1.37 bits per heavy atom. The molecule has 19 heavy (non-hydrogen) atoms. The van der Waals surface area contributed by atoms with Crippen molar-refractivity contribution in [3.8, 4) is 0 Å². The molecule has 0 aromatic rings. The van der Waals surface area contributed by atoms with E-state index >= 15 is 0 Å². The number of hydrogen-bond donors (Lipinski definition) is 5. The SMILES string of the molecule is Br.Br.CC(CCCO)C(CCCO)(CCCO)NN. The Morgan fingerprint density at radius 3 is 1.68 bits per heavy atom. The van der Waals surface area contributed by atoms with Crippen LogP contribution in [0.2, 0.25) is 0 Å². The molecule has 0 aromatic carbocycles. The normalized spacial score (nSPS) is 12.5. The molecule has 0 aliphatic rings. The summed E-state index contributed by atoms with van der Waals surface area (Å²) in [5.41, 5.74) is 2.64. The zero-order chi connectivity index (χ0) is 13.1. The summed E-state index contributed by atoms with van der Waals surface area (Å²) in [5.74, 6) is 5.99. The summed E-state index contributed by atoms with van der Waals surface area (Å²) in [4.78, 5) is 0. The molecule has 0 aromatic heterocycles. The zero-order valence-electron chi connectivity index (χ0n) is 11.7. The van der Waals surface area contributed by atoms with Gasteiger partial charge in [0.05, 0.1) is 0 Å². The number of hydrazine groups is 1. The minimum absolute atomic E-state index is 0. The summed E-state index contributed by atoms with van der Waals surface area (Å²) in [6.07, 6.45) is 4.60. The van der Waals surface area contributed by atoms with Gasteiger partial charge in [0.25, 0.3) is 0 Å². The topological polar surface area (TPSA) is 98.7 Å². The molecule has 0 aliphatic heterocycles. The van der Waals surface area contributed by atoms with Gasteiger partial charge in [-0.25, -0.2) is 0 Å². The Bertz CT molecular complexity index is 180. The van der Waals surface area contributed by atoms with Crippen molar-refractivity contribution in [1.82, 2.24) is 5.43 Å². The summed E-state index contributed by atoms with van der Waals surface area (Å²) in [6.45, 7) is 2.58. The highest BCUT2D eigenvalue weighted by atomic mass is 79.9. The van der Waals surface area contributed by atoms with Crippen molar-refractivity contribution in [3.05, 3.63) is 0 Å². The van der Waals surface area contributed by atoms with Crippen LogP contribution in [0, 0.1) is 5.92 Å². The molecule has 0 saturated carbocycles. The van der Waals surface area contributed by atoms with Crippen LogP contribution >= 0.6 is 34.0 Å². The van der Waals surface area contributed by atoms with Gasteiger partial charge in [0.2, 0.25) is 0 Å². The summed E-state index contributed by atoms with van der Waals surface area (Å²) < 4.78 is 0. The summed E-state index contributed by atoms with van der Waals surface area (Å²) in [6, 6.07) is 0. The number of aliphatic hydroxyl groups excluding tert-OH is 3. The number of rotatable bonds is 11. The summed E-state index contributed by atoms with van der Waals surface area (Å²) in [5, 5.41) is 26.8. The lowest BCUT2D eigenvalue weighted by atomic mass is 9.76. The fraction of sp³-hybridized carbons (Fsp3) is 1.00. The molecule has 0 heterocycles. The Morgan fingerprint density at radius 1 is 0.947 bits per heavy atom. The summed E-state index contributed by atoms with van der Waals surface area (Å²) >= 11 is 0. The predicted molar refractivity (Wildman–Crippen MR) is 88.8 cm³/mol. The predicted octanol–water partition coefficient (Wildman–Crippen LogP) is 1.30. The molecule has 0 bridgehead atoms. The highest BCUT2D eigenvalue weighted by Crippen LogP contribution is 2.30. The van der Waals surface area contributed by atoms with E-state index < -0.39 is 0 Å². The molecular weight excluding hydrogens is 380 g/mol. The third kappa shape index (κ3) is 9.33. The van der Waals surface area contributed by atoms with E-state index in [-0.39, 0.29) is 59.3 Å². The van der Waals surface area contributed by atoms with E-state index in [1.807, 2.05) is 0 Å². The average Bonchev–Trinajstić information content (AvgIpc) is 2.37. The Hall–Kier alpha value is 0.760. The van der Waals surface area contributed by atoms with Crippen molar-refractivity contribution >= 4 is 34.0 Å². The molecule has 0 amide bonds. The molecule has 120 valence electrons. The molecule has 0 fully saturated rings. The van der Waals surface area contributed by atoms with Crippen LogP contribution in [-0.2, 0) is 0 Å². The van der Waals surface area contributed by atoms with Crippen LogP contribution in [0.5, 0.6) is 0 Å². The van der Waals surface area contributed by atoms with Crippen molar-refractivity contribution in [2.24, 2.45) is 11.8 Å². The first-order chi connectivity index (χ1) is 8.16. The van der Waals surface area contributed by atoms with Gasteiger partial charge in [-0.15, -0.1) is 34.0 Å². The van der Waals surface area contributed by atoms with Crippen LogP contribution < -0.4 is 11.3 Å². The van der Waals surface area contributed by atoms with Crippen LogP contribution in [0.3, 0.4) is 0 Å². The first-order valence-electron chi connectivity index (χ1n) is 6.47. The number of aliphatic hydroxyl groups is 3. The van der Waals surface area contributed by atoms with Gasteiger partial charge in [-0.2, -0.15) is 0 Å². The molecular formula is C12H30Br2N2O3. The second-order valence-corrected chi connectivity index (χ2v) is 4.72. The number of nitrogens with one attached hydrogen (secondary N) is 1. The van der Waals surface area contributed by atoms with Crippen molar-refractivity contribution < 1.29 is 15.3 Å². The number of nitrogens with two attached hydrogens (primary N) is 1. The van der Waals surface area contributed by atoms with Crippen LogP contribution in [0.1, 0.15) is 45.4 Å². The van der Waals surface area contributed by atoms with E-state index in [4.69, 9.17) is 21.2 Å². The first kappa shape index (κ1) is 24.8. The minimum Gasteiger partial charge on any atom is -0.396 e. The maximum absolute atomic E-state index is 8.95. The van der Waals surface area contributed by atoms with Gasteiger partial charge in [0, 0.05) is 25.4 Å². The lowest BCUT2D eigenvalue weighted by Crippen LogP contribution is -2.54. The summed E-state index contributed by atoms with van der Waals surface area (Å²) in [7, 11) is 0. The van der Waals surface area contributed by atoms with Crippen molar-refractivity contribution in [3.63, 3.8) is 0 Å². The van der Waals surface area contributed by atoms with Gasteiger partial charge in [0.15, 0.2) is 0 Å². The van der Waals surface area contributed by atoms with E-state index in [1.54, 1.807) is 0 Å². The van der Waals surface area contributed by atoms with Crippen LogP contribution in [0.15, 0.2) is 0 Å². The average molecular weight is 410 g/mol. The number of hydrogen-bond acceptors (Lipinski definition) is 5. The molecule has 5 nitrogen and oxygen atoms in total. The van der Waals surface area contributed by atoms with Crippen molar-refractivity contribution in [2.45, 2.75) is 51.0 Å².